The van der Waals surface area contributed by atoms with Gasteiger partial charge in [-0.15, -0.1) is 0 Å². The van der Waals surface area contributed by atoms with Gasteiger partial charge in [-0.3, -0.25) is 9.69 Å². The molecule has 0 atom stereocenters. The fourth-order valence-electron chi connectivity index (χ4n) is 5.59. The minimum atomic E-state index is -0.956. The van der Waals surface area contributed by atoms with Gasteiger partial charge in [0.2, 0.25) is 0 Å². The number of carboxylic acid groups (broad SMARTS) is 1. The lowest BCUT2D eigenvalue weighted by Gasteiger charge is -2.44. The van der Waals surface area contributed by atoms with Crippen LogP contribution in [0.3, 0.4) is 0 Å². The van der Waals surface area contributed by atoms with Gasteiger partial charge >= 0.3 is 5.97 Å². The van der Waals surface area contributed by atoms with E-state index in [9.17, 15) is 9.59 Å². The van der Waals surface area contributed by atoms with Gasteiger partial charge < -0.3 is 5.11 Å². The number of allylic oxidation sites excluding steroid dienone is 1. The van der Waals surface area contributed by atoms with E-state index in [0.717, 1.165) is 43.5 Å². The molecule has 4 rings (SSSR count). The van der Waals surface area contributed by atoms with Crippen LogP contribution in [0.25, 0.3) is 11.6 Å². The lowest BCUT2D eigenvalue weighted by Crippen LogP contribution is -2.37. The number of nitrogens with zero attached hydrogens (tertiary/aromatic N) is 1. The van der Waals surface area contributed by atoms with E-state index in [1.165, 1.54) is 22.3 Å². The maximum absolute atomic E-state index is 13.4. The molecule has 2 aromatic carbocycles. The third-order valence-corrected chi connectivity index (χ3v) is 8.11. The van der Waals surface area contributed by atoms with Gasteiger partial charge in [0.05, 0.1) is 5.56 Å². The molecule has 0 spiro atoms. The molecule has 1 aliphatic carbocycles. The highest BCUT2D eigenvalue weighted by atomic mass is 16.4. The number of carboxylic acids is 1. The Balaban J connectivity index is 1.76. The lowest BCUT2D eigenvalue weighted by molar-refractivity contribution is 0.0696. The van der Waals surface area contributed by atoms with E-state index < -0.39 is 5.97 Å². The zero-order valence-electron chi connectivity index (χ0n) is 22.5. The monoisotopic (exact) mass is 485 g/mol. The molecule has 2 aromatic rings. The van der Waals surface area contributed by atoms with Gasteiger partial charge in [-0.25, -0.2) is 4.79 Å². The van der Waals surface area contributed by atoms with Crippen LogP contribution < -0.4 is 0 Å². The van der Waals surface area contributed by atoms with Crippen LogP contribution in [0, 0.1) is 0 Å². The summed E-state index contributed by atoms with van der Waals surface area (Å²) >= 11 is 0. The SMILES string of the molecule is CC(C)N1CC=C(c2cc(C(=O)/C=C\c3ccc(C(=O)O)cc3)cc3c2C(C)(C)CCC3(C)C)CC1. The standard InChI is InChI=1S/C32H39NO3/c1-21(2)33-17-13-23(14-18-33)26-19-25(20-27-29(26)32(5,6)16-15-31(27,3)4)28(34)12-9-22-7-10-24(11-8-22)30(35)36/h7-13,19-21H,14-18H2,1-6H3,(H,35,36)/b12-9-. The van der Waals surface area contributed by atoms with Gasteiger partial charge in [-0.05, 0) is 102 Å². The Morgan fingerprint density at radius 2 is 1.64 bits per heavy atom. The molecule has 0 fully saturated rings. The summed E-state index contributed by atoms with van der Waals surface area (Å²) in [5.74, 6) is -0.983. The highest BCUT2D eigenvalue weighted by Gasteiger charge is 2.40. The van der Waals surface area contributed by atoms with Crippen molar-refractivity contribution in [3.8, 4) is 0 Å². The highest BCUT2D eigenvalue weighted by Crippen LogP contribution is 2.49. The second-order valence-corrected chi connectivity index (χ2v) is 11.9. The minimum Gasteiger partial charge on any atom is -0.478 e. The Bertz CT molecular complexity index is 1230. The Morgan fingerprint density at radius 3 is 2.22 bits per heavy atom. The molecule has 0 radical (unpaired) electrons. The predicted molar refractivity (Wildman–Crippen MR) is 148 cm³/mol. The van der Waals surface area contributed by atoms with Gasteiger partial charge in [0, 0.05) is 24.7 Å². The Kier molecular flexibility index (Phi) is 7.12. The molecular weight excluding hydrogens is 446 g/mol. The number of benzene rings is 2. The molecule has 4 heteroatoms. The van der Waals surface area contributed by atoms with Gasteiger partial charge in [-0.1, -0.05) is 52.0 Å². The van der Waals surface area contributed by atoms with Crippen molar-refractivity contribution in [3.63, 3.8) is 0 Å². The van der Waals surface area contributed by atoms with Crippen LogP contribution in [0.15, 0.2) is 48.6 Å². The van der Waals surface area contributed by atoms with Crippen molar-refractivity contribution in [1.82, 2.24) is 4.90 Å². The molecule has 0 saturated heterocycles. The van der Waals surface area contributed by atoms with E-state index in [0.29, 0.717) is 6.04 Å². The molecule has 0 unspecified atom stereocenters. The van der Waals surface area contributed by atoms with Crippen molar-refractivity contribution in [1.29, 1.82) is 0 Å². The summed E-state index contributed by atoms with van der Waals surface area (Å²) in [4.78, 5) is 27.0. The van der Waals surface area contributed by atoms with Gasteiger partial charge in [0.25, 0.3) is 0 Å². The third kappa shape index (κ3) is 5.24. The Morgan fingerprint density at radius 1 is 0.972 bits per heavy atom. The van der Waals surface area contributed by atoms with Gasteiger partial charge in [-0.2, -0.15) is 0 Å². The zero-order valence-corrected chi connectivity index (χ0v) is 22.5. The average molecular weight is 486 g/mol. The number of ketones is 1. The first kappa shape index (κ1) is 26.1. The second-order valence-electron chi connectivity index (χ2n) is 11.9. The van der Waals surface area contributed by atoms with E-state index in [1.54, 1.807) is 36.4 Å². The number of rotatable bonds is 6. The smallest absolute Gasteiger partial charge is 0.335 e. The summed E-state index contributed by atoms with van der Waals surface area (Å²) in [5.41, 5.74) is 7.13. The zero-order chi connectivity index (χ0) is 26.3. The second kappa shape index (κ2) is 9.82. The van der Waals surface area contributed by atoms with Crippen LogP contribution in [0.4, 0.5) is 0 Å². The molecule has 1 aliphatic heterocycles. The number of carbonyl (C=O) groups is 2. The average Bonchev–Trinajstić information content (AvgIpc) is 2.85. The van der Waals surface area contributed by atoms with Crippen molar-refractivity contribution in [2.45, 2.75) is 77.7 Å². The number of carbonyl (C=O) groups excluding carboxylic acids is 1. The summed E-state index contributed by atoms with van der Waals surface area (Å²) in [6.45, 7) is 15.7. The van der Waals surface area contributed by atoms with Crippen LogP contribution in [0.5, 0.6) is 0 Å². The fraction of sp³-hybridized carbons (Fsp3) is 0.438. The predicted octanol–water partition coefficient (Wildman–Crippen LogP) is 7.13. The molecule has 1 heterocycles. The summed E-state index contributed by atoms with van der Waals surface area (Å²) in [5, 5.41) is 9.11. The molecule has 1 N–H and O–H groups in total. The van der Waals surface area contributed by atoms with E-state index in [4.69, 9.17) is 5.11 Å². The first-order valence-electron chi connectivity index (χ1n) is 13.1. The normalized spacial score (nSPS) is 19.2. The van der Waals surface area contributed by atoms with Crippen molar-refractivity contribution in [3.05, 3.63) is 81.9 Å². The van der Waals surface area contributed by atoms with Gasteiger partial charge in [0.1, 0.15) is 0 Å². The number of fused-ring (bicyclic) bond motifs is 1. The van der Waals surface area contributed by atoms with Crippen LogP contribution in [-0.4, -0.2) is 40.9 Å². The molecule has 190 valence electrons. The summed E-state index contributed by atoms with van der Waals surface area (Å²) in [6.07, 6.45) is 8.96. The van der Waals surface area contributed by atoms with Crippen molar-refractivity contribution >= 4 is 23.4 Å². The number of hydrogen-bond donors (Lipinski definition) is 1. The maximum Gasteiger partial charge on any atom is 0.335 e. The number of aromatic carboxylic acids is 1. The molecule has 0 bridgehead atoms. The Labute approximate surface area is 215 Å². The molecule has 0 aromatic heterocycles. The summed E-state index contributed by atoms with van der Waals surface area (Å²) in [6, 6.07) is 11.3. The van der Waals surface area contributed by atoms with Crippen molar-refractivity contribution < 1.29 is 14.7 Å². The van der Waals surface area contributed by atoms with Crippen molar-refractivity contribution in [2.75, 3.05) is 13.1 Å². The molecule has 4 nitrogen and oxygen atoms in total. The van der Waals surface area contributed by atoms with Crippen LogP contribution in [-0.2, 0) is 10.8 Å². The van der Waals surface area contributed by atoms with Crippen LogP contribution in [0.1, 0.15) is 104 Å². The highest BCUT2D eigenvalue weighted by molar-refractivity contribution is 6.07. The van der Waals surface area contributed by atoms with E-state index in [1.807, 2.05) is 0 Å². The maximum atomic E-state index is 13.4. The fourth-order valence-corrected chi connectivity index (χ4v) is 5.59. The molecule has 0 amide bonds. The van der Waals surface area contributed by atoms with Gasteiger partial charge in [0.15, 0.2) is 5.78 Å². The summed E-state index contributed by atoms with van der Waals surface area (Å²) in [7, 11) is 0. The van der Waals surface area contributed by atoms with E-state index >= 15 is 0 Å². The first-order chi connectivity index (χ1) is 16.9. The summed E-state index contributed by atoms with van der Waals surface area (Å²) < 4.78 is 0. The molecular formula is C32H39NO3. The first-order valence-corrected chi connectivity index (χ1v) is 13.1. The largest absolute Gasteiger partial charge is 0.478 e. The molecule has 36 heavy (non-hydrogen) atoms. The lowest BCUT2D eigenvalue weighted by atomic mass is 9.61. The Hall–Kier alpha value is -2.98. The molecule has 2 aliphatic rings. The minimum absolute atomic E-state index is 0.00542. The van der Waals surface area contributed by atoms with Crippen LogP contribution in [0.2, 0.25) is 0 Å². The topological polar surface area (TPSA) is 57.6 Å². The van der Waals surface area contributed by atoms with Crippen LogP contribution >= 0.6 is 0 Å². The van der Waals surface area contributed by atoms with E-state index in [2.05, 4.69) is 64.7 Å². The number of hydrogen-bond acceptors (Lipinski definition) is 3. The van der Waals surface area contributed by atoms with E-state index in [-0.39, 0.29) is 22.2 Å². The van der Waals surface area contributed by atoms with Crippen molar-refractivity contribution in [2.24, 2.45) is 0 Å². The third-order valence-electron chi connectivity index (χ3n) is 8.11. The molecule has 0 saturated carbocycles. The quantitative estimate of drug-likeness (QED) is 0.349.